The number of nitrogens with zero attached hydrogens (tertiary/aromatic N) is 2. The van der Waals surface area contributed by atoms with Gasteiger partial charge in [-0.1, -0.05) is 24.3 Å². The van der Waals surface area contributed by atoms with Gasteiger partial charge in [0.05, 0.1) is 23.1 Å². The summed E-state index contributed by atoms with van der Waals surface area (Å²) in [5, 5.41) is 0. The average Bonchev–Trinajstić information content (AvgIpc) is 2.99. The van der Waals surface area contributed by atoms with Crippen LogP contribution >= 0.6 is 0 Å². The topological polar surface area (TPSA) is 84.0 Å². The number of hydrogen-bond acceptors (Lipinski definition) is 5. The second-order valence-electron chi connectivity index (χ2n) is 8.00. The van der Waals surface area contributed by atoms with Gasteiger partial charge in [0, 0.05) is 25.9 Å². The minimum absolute atomic E-state index is 0.0580. The maximum Gasteiger partial charge on any atom is 0.262 e. The number of ether oxygens (including phenoxy) is 1. The van der Waals surface area contributed by atoms with Crippen LogP contribution in [0.4, 0.5) is 0 Å². The molecule has 152 valence electrons. The Hall–Kier alpha value is -3.48. The molecular weight excluding hydrogens is 384 g/mol. The van der Waals surface area contributed by atoms with Crippen LogP contribution in [0, 0.1) is 0 Å². The second-order valence-corrected chi connectivity index (χ2v) is 8.00. The highest BCUT2D eigenvalue weighted by Crippen LogP contribution is 2.39. The van der Waals surface area contributed by atoms with Gasteiger partial charge in [0.1, 0.15) is 17.9 Å². The molecule has 0 N–H and O–H groups in total. The molecule has 7 nitrogen and oxygen atoms in total. The molecular formula is C23H20N2O5. The number of carbonyl (C=O) groups is 4. The standard InChI is InChI=1S/C23H20N2O5/c26-18-13-23(30-19-8-4-3-7-17(18)19)9-11-24(12-10-23)20(27)14-25-21(28)15-5-1-2-6-16(15)22(25)29/h1-8H,9-14H2. The van der Waals surface area contributed by atoms with Crippen molar-refractivity contribution in [1.82, 2.24) is 9.80 Å². The zero-order valence-corrected chi connectivity index (χ0v) is 16.3. The molecule has 0 unspecified atom stereocenters. The lowest BCUT2D eigenvalue weighted by atomic mass is 9.82. The maximum absolute atomic E-state index is 12.8. The summed E-state index contributed by atoms with van der Waals surface area (Å²) >= 11 is 0. The molecule has 3 amide bonds. The number of imide groups is 1. The molecule has 3 aliphatic rings. The third-order valence-corrected chi connectivity index (χ3v) is 6.20. The summed E-state index contributed by atoms with van der Waals surface area (Å²) in [6.07, 6.45) is 1.35. The Morgan fingerprint density at radius 1 is 0.867 bits per heavy atom. The molecule has 3 aliphatic heterocycles. The summed E-state index contributed by atoms with van der Waals surface area (Å²) < 4.78 is 6.19. The second kappa shape index (κ2) is 6.79. The molecule has 7 heteroatoms. The SMILES string of the molecule is O=C1CC2(CCN(C(=O)CN3C(=O)c4ccccc4C3=O)CC2)Oc2ccccc21. The van der Waals surface area contributed by atoms with Gasteiger partial charge in [0.15, 0.2) is 5.78 Å². The van der Waals surface area contributed by atoms with E-state index in [1.54, 1.807) is 41.3 Å². The lowest BCUT2D eigenvalue weighted by molar-refractivity contribution is -0.135. The molecule has 1 fully saturated rings. The number of piperidine rings is 1. The Morgan fingerprint density at radius 2 is 1.43 bits per heavy atom. The fourth-order valence-corrected chi connectivity index (χ4v) is 4.50. The van der Waals surface area contributed by atoms with Crippen molar-refractivity contribution in [3.05, 3.63) is 65.2 Å². The van der Waals surface area contributed by atoms with Crippen molar-refractivity contribution < 1.29 is 23.9 Å². The summed E-state index contributed by atoms with van der Waals surface area (Å²) in [5.74, 6) is -0.491. The van der Waals surface area contributed by atoms with Crippen molar-refractivity contribution in [2.75, 3.05) is 19.6 Å². The van der Waals surface area contributed by atoms with Gasteiger partial charge in [-0.05, 0) is 24.3 Å². The first-order valence-corrected chi connectivity index (χ1v) is 10.0. The van der Waals surface area contributed by atoms with E-state index in [1.165, 1.54) is 0 Å². The predicted octanol–water partition coefficient (Wildman–Crippen LogP) is 2.31. The highest BCUT2D eigenvalue weighted by Gasteiger charge is 2.44. The van der Waals surface area contributed by atoms with E-state index in [-0.39, 0.29) is 18.2 Å². The Labute approximate surface area is 173 Å². The van der Waals surface area contributed by atoms with Crippen molar-refractivity contribution in [3.63, 3.8) is 0 Å². The van der Waals surface area contributed by atoms with Crippen molar-refractivity contribution in [3.8, 4) is 5.75 Å². The number of ketones is 1. The minimum Gasteiger partial charge on any atom is -0.486 e. The molecule has 0 bridgehead atoms. The van der Waals surface area contributed by atoms with E-state index in [0.717, 1.165) is 4.90 Å². The number of rotatable bonds is 2. The van der Waals surface area contributed by atoms with Crippen LogP contribution in [0.2, 0.25) is 0 Å². The number of likely N-dealkylation sites (tertiary alicyclic amines) is 1. The van der Waals surface area contributed by atoms with Gasteiger partial charge in [-0.3, -0.25) is 24.1 Å². The monoisotopic (exact) mass is 404 g/mol. The van der Waals surface area contributed by atoms with E-state index in [9.17, 15) is 19.2 Å². The normalized spacial score (nSPS) is 19.5. The van der Waals surface area contributed by atoms with E-state index < -0.39 is 17.4 Å². The van der Waals surface area contributed by atoms with Crippen LogP contribution in [0.3, 0.4) is 0 Å². The van der Waals surface area contributed by atoms with Crippen LogP contribution in [0.1, 0.15) is 50.3 Å². The molecule has 0 aromatic heterocycles. The first-order chi connectivity index (χ1) is 14.5. The summed E-state index contributed by atoms with van der Waals surface area (Å²) in [6.45, 7) is 0.552. The largest absolute Gasteiger partial charge is 0.486 e. The zero-order chi connectivity index (χ0) is 20.9. The third kappa shape index (κ3) is 2.89. The number of carbonyl (C=O) groups excluding carboxylic acids is 4. The van der Waals surface area contributed by atoms with Crippen molar-refractivity contribution >= 4 is 23.5 Å². The number of hydrogen-bond donors (Lipinski definition) is 0. The molecule has 3 heterocycles. The molecule has 0 aliphatic carbocycles. The minimum atomic E-state index is -0.599. The number of para-hydroxylation sites is 1. The Balaban J connectivity index is 1.25. The van der Waals surface area contributed by atoms with Crippen LogP contribution in [0.5, 0.6) is 5.75 Å². The molecule has 0 radical (unpaired) electrons. The average molecular weight is 404 g/mol. The Kier molecular flexibility index (Phi) is 4.20. The smallest absolute Gasteiger partial charge is 0.262 e. The fraction of sp³-hybridized carbons (Fsp3) is 0.304. The van der Waals surface area contributed by atoms with Crippen molar-refractivity contribution in [2.24, 2.45) is 0 Å². The Morgan fingerprint density at radius 3 is 2.07 bits per heavy atom. The van der Waals surface area contributed by atoms with Gasteiger partial charge < -0.3 is 9.64 Å². The van der Waals surface area contributed by atoms with Crippen molar-refractivity contribution in [2.45, 2.75) is 24.9 Å². The molecule has 2 aromatic rings. The highest BCUT2D eigenvalue weighted by atomic mass is 16.5. The lowest BCUT2D eigenvalue weighted by Crippen LogP contribution is -2.54. The summed E-state index contributed by atoms with van der Waals surface area (Å²) in [6, 6.07) is 13.8. The molecule has 1 spiro atoms. The first kappa shape index (κ1) is 18.5. The van der Waals surface area contributed by atoms with E-state index in [2.05, 4.69) is 0 Å². The van der Waals surface area contributed by atoms with Crippen LogP contribution in [-0.4, -0.2) is 58.5 Å². The first-order valence-electron chi connectivity index (χ1n) is 10.0. The molecule has 30 heavy (non-hydrogen) atoms. The molecule has 0 atom stereocenters. The number of Topliss-reactive ketones (excluding diaryl/α,β-unsaturated/α-hetero) is 1. The molecule has 2 aromatic carbocycles. The van der Waals surface area contributed by atoms with Crippen LogP contribution in [0.15, 0.2) is 48.5 Å². The van der Waals surface area contributed by atoms with Crippen LogP contribution in [0.25, 0.3) is 0 Å². The van der Waals surface area contributed by atoms with E-state index in [0.29, 0.717) is 54.8 Å². The van der Waals surface area contributed by atoms with Gasteiger partial charge in [-0.25, -0.2) is 0 Å². The zero-order valence-electron chi connectivity index (χ0n) is 16.3. The van der Waals surface area contributed by atoms with Gasteiger partial charge in [0.2, 0.25) is 5.91 Å². The number of amides is 3. The van der Waals surface area contributed by atoms with E-state index in [4.69, 9.17) is 4.74 Å². The lowest BCUT2D eigenvalue weighted by Gasteiger charge is -2.44. The Bertz CT molecular complexity index is 1050. The van der Waals surface area contributed by atoms with Crippen LogP contribution < -0.4 is 4.74 Å². The molecule has 5 rings (SSSR count). The van der Waals surface area contributed by atoms with Crippen LogP contribution in [-0.2, 0) is 4.79 Å². The van der Waals surface area contributed by atoms with Gasteiger partial charge in [-0.2, -0.15) is 0 Å². The molecule has 0 saturated carbocycles. The summed E-state index contributed by atoms with van der Waals surface area (Å²) in [4.78, 5) is 53.0. The highest BCUT2D eigenvalue weighted by molar-refractivity contribution is 6.22. The van der Waals surface area contributed by atoms with E-state index in [1.807, 2.05) is 12.1 Å². The quantitative estimate of drug-likeness (QED) is 0.718. The number of benzene rings is 2. The fourth-order valence-electron chi connectivity index (χ4n) is 4.50. The number of fused-ring (bicyclic) bond motifs is 2. The van der Waals surface area contributed by atoms with E-state index >= 15 is 0 Å². The summed E-state index contributed by atoms with van der Waals surface area (Å²) in [7, 11) is 0. The summed E-state index contributed by atoms with van der Waals surface area (Å²) in [5.41, 5.74) is 0.672. The van der Waals surface area contributed by atoms with Gasteiger partial charge in [-0.15, -0.1) is 0 Å². The third-order valence-electron chi connectivity index (χ3n) is 6.20. The van der Waals surface area contributed by atoms with Gasteiger partial charge >= 0.3 is 0 Å². The maximum atomic E-state index is 12.8. The molecule has 1 saturated heterocycles. The van der Waals surface area contributed by atoms with Gasteiger partial charge in [0.25, 0.3) is 11.8 Å². The predicted molar refractivity (Wildman–Crippen MR) is 106 cm³/mol. The van der Waals surface area contributed by atoms with Crippen molar-refractivity contribution in [1.29, 1.82) is 0 Å².